The molecule has 0 unspecified atom stereocenters. The molecule has 1 aromatic rings. The number of methoxy groups -OCH3 is 1. The summed E-state index contributed by atoms with van der Waals surface area (Å²) in [4.78, 5) is 34.4. The molecule has 7 heteroatoms. The molecule has 3 heterocycles. The quantitative estimate of drug-likeness (QED) is 0.758. The zero-order valence-electron chi connectivity index (χ0n) is 13.6. The summed E-state index contributed by atoms with van der Waals surface area (Å²) >= 11 is 0. The number of hydrogen-bond acceptors (Lipinski definition) is 5. The summed E-state index contributed by atoms with van der Waals surface area (Å²) in [5, 5.41) is 0. The predicted octanol–water partition coefficient (Wildman–Crippen LogP) is 0.594. The fourth-order valence-electron chi connectivity index (χ4n) is 3.14. The molecular weight excluding hydrogens is 296 g/mol. The molecule has 0 saturated carbocycles. The van der Waals surface area contributed by atoms with Crippen LogP contribution in [0.15, 0.2) is 12.4 Å². The SMILES string of the molecule is COC(=O)N1CCc2c(cncc2C(=O)N2CCN(C)CC2)C1. The summed E-state index contributed by atoms with van der Waals surface area (Å²) < 4.78 is 4.77. The first-order valence-electron chi connectivity index (χ1n) is 7.86. The van der Waals surface area contributed by atoms with Gasteiger partial charge in [-0.15, -0.1) is 0 Å². The molecule has 3 rings (SSSR count). The summed E-state index contributed by atoms with van der Waals surface area (Å²) in [7, 11) is 3.44. The van der Waals surface area contributed by atoms with Crippen LogP contribution < -0.4 is 0 Å². The summed E-state index contributed by atoms with van der Waals surface area (Å²) in [5.74, 6) is 0.0500. The summed E-state index contributed by atoms with van der Waals surface area (Å²) in [6.07, 6.45) is 3.71. The third-order valence-corrected chi connectivity index (χ3v) is 4.59. The average Bonchev–Trinajstić information content (AvgIpc) is 2.60. The van der Waals surface area contributed by atoms with Gasteiger partial charge in [0.1, 0.15) is 0 Å². The van der Waals surface area contributed by atoms with E-state index in [9.17, 15) is 9.59 Å². The number of aromatic nitrogens is 1. The van der Waals surface area contributed by atoms with Crippen LogP contribution in [0.25, 0.3) is 0 Å². The Balaban J connectivity index is 1.80. The highest BCUT2D eigenvalue weighted by atomic mass is 16.5. The Morgan fingerprint density at radius 1 is 1.09 bits per heavy atom. The molecule has 0 spiro atoms. The van der Waals surface area contributed by atoms with E-state index in [0.717, 1.165) is 37.3 Å². The van der Waals surface area contributed by atoms with Crippen LogP contribution in [0.1, 0.15) is 21.5 Å². The van der Waals surface area contributed by atoms with Crippen molar-refractivity contribution in [2.24, 2.45) is 0 Å². The lowest BCUT2D eigenvalue weighted by Crippen LogP contribution is -2.47. The summed E-state index contributed by atoms with van der Waals surface area (Å²) in [6.45, 7) is 4.28. The highest BCUT2D eigenvalue weighted by molar-refractivity contribution is 5.96. The Morgan fingerprint density at radius 3 is 2.52 bits per heavy atom. The molecule has 0 bridgehead atoms. The predicted molar refractivity (Wildman–Crippen MR) is 84.2 cm³/mol. The minimum atomic E-state index is -0.341. The lowest BCUT2D eigenvalue weighted by Gasteiger charge is -2.34. The van der Waals surface area contributed by atoms with Gasteiger partial charge in [0, 0.05) is 45.1 Å². The maximum Gasteiger partial charge on any atom is 0.409 e. The second-order valence-electron chi connectivity index (χ2n) is 6.06. The fourth-order valence-corrected chi connectivity index (χ4v) is 3.14. The van der Waals surface area contributed by atoms with E-state index >= 15 is 0 Å². The van der Waals surface area contributed by atoms with Gasteiger partial charge in [-0.05, 0) is 24.6 Å². The van der Waals surface area contributed by atoms with Crippen molar-refractivity contribution in [3.63, 3.8) is 0 Å². The molecule has 0 atom stereocenters. The second-order valence-corrected chi connectivity index (χ2v) is 6.06. The van der Waals surface area contributed by atoms with Crippen LogP contribution in [-0.4, -0.2) is 78.6 Å². The number of piperazine rings is 1. The van der Waals surface area contributed by atoms with Crippen molar-refractivity contribution >= 4 is 12.0 Å². The molecule has 1 saturated heterocycles. The maximum absolute atomic E-state index is 12.8. The number of likely N-dealkylation sites (N-methyl/N-ethyl adjacent to an activating group) is 1. The van der Waals surface area contributed by atoms with Gasteiger partial charge in [-0.25, -0.2) is 4.79 Å². The monoisotopic (exact) mass is 318 g/mol. The lowest BCUT2D eigenvalue weighted by atomic mass is 9.96. The van der Waals surface area contributed by atoms with Crippen molar-refractivity contribution in [3.8, 4) is 0 Å². The van der Waals surface area contributed by atoms with Gasteiger partial charge in [0.2, 0.25) is 0 Å². The Hall–Kier alpha value is -2.15. The molecule has 2 aliphatic rings. The molecule has 2 amide bonds. The number of carbonyl (C=O) groups is 2. The van der Waals surface area contributed by atoms with E-state index < -0.39 is 0 Å². The fraction of sp³-hybridized carbons (Fsp3) is 0.562. The van der Waals surface area contributed by atoms with Crippen LogP contribution in [-0.2, 0) is 17.7 Å². The van der Waals surface area contributed by atoms with Crippen molar-refractivity contribution in [2.45, 2.75) is 13.0 Å². The number of fused-ring (bicyclic) bond motifs is 1. The molecule has 0 radical (unpaired) electrons. The van der Waals surface area contributed by atoms with E-state index in [1.807, 2.05) is 4.90 Å². The second kappa shape index (κ2) is 6.54. The van der Waals surface area contributed by atoms with Crippen LogP contribution in [0.3, 0.4) is 0 Å². The van der Waals surface area contributed by atoms with E-state index in [-0.39, 0.29) is 12.0 Å². The molecule has 0 aromatic carbocycles. The first-order valence-corrected chi connectivity index (χ1v) is 7.86. The number of amides is 2. The minimum absolute atomic E-state index is 0.0500. The van der Waals surface area contributed by atoms with Crippen molar-refractivity contribution < 1.29 is 14.3 Å². The molecule has 1 fully saturated rings. The van der Waals surface area contributed by atoms with Crippen molar-refractivity contribution in [1.82, 2.24) is 19.7 Å². The highest BCUT2D eigenvalue weighted by Gasteiger charge is 2.28. The first kappa shape index (κ1) is 15.7. The Kier molecular flexibility index (Phi) is 4.47. The van der Waals surface area contributed by atoms with E-state index in [1.165, 1.54) is 7.11 Å². The van der Waals surface area contributed by atoms with Crippen molar-refractivity contribution in [3.05, 3.63) is 29.1 Å². The number of ether oxygens (including phenoxy) is 1. The van der Waals surface area contributed by atoms with Crippen LogP contribution >= 0.6 is 0 Å². The van der Waals surface area contributed by atoms with Gasteiger partial charge in [0.05, 0.1) is 19.2 Å². The van der Waals surface area contributed by atoms with Crippen molar-refractivity contribution in [1.29, 1.82) is 0 Å². The van der Waals surface area contributed by atoms with Gasteiger partial charge in [-0.1, -0.05) is 0 Å². The molecular formula is C16H22N4O3. The number of carbonyl (C=O) groups excluding carboxylic acids is 2. The lowest BCUT2D eigenvalue weighted by molar-refractivity contribution is 0.0661. The van der Waals surface area contributed by atoms with Gasteiger partial charge in [-0.3, -0.25) is 9.78 Å². The van der Waals surface area contributed by atoms with Crippen LogP contribution in [0.4, 0.5) is 4.79 Å². The Morgan fingerprint density at radius 2 is 1.83 bits per heavy atom. The first-order chi connectivity index (χ1) is 11.1. The van der Waals surface area contributed by atoms with E-state index in [2.05, 4.69) is 16.9 Å². The van der Waals surface area contributed by atoms with Crippen LogP contribution in [0.5, 0.6) is 0 Å². The smallest absolute Gasteiger partial charge is 0.409 e. The van der Waals surface area contributed by atoms with Crippen LogP contribution in [0, 0.1) is 0 Å². The van der Waals surface area contributed by atoms with Gasteiger partial charge >= 0.3 is 6.09 Å². The molecule has 2 aliphatic heterocycles. The molecule has 23 heavy (non-hydrogen) atoms. The minimum Gasteiger partial charge on any atom is -0.453 e. The average molecular weight is 318 g/mol. The summed E-state index contributed by atoms with van der Waals surface area (Å²) in [5.41, 5.74) is 2.63. The largest absolute Gasteiger partial charge is 0.453 e. The zero-order chi connectivity index (χ0) is 16.4. The van der Waals surface area contributed by atoms with E-state index in [0.29, 0.717) is 25.1 Å². The van der Waals surface area contributed by atoms with Gasteiger partial charge in [-0.2, -0.15) is 0 Å². The third-order valence-electron chi connectivity index (χ3n) is 4.59. The number of rotatable bonds is 1. The number of nitrogens with zero attached hydrogens (tertiary/aromatic N) is 4. The normalized spacial score (nSPS) is 18.5. The highest BCUT2D eigenvalue weighted by Crippen LogP contribution is 2.23. The zero-order valence-corrected chi connectivity index (χ0v) is 13.6. The molecule has 7 nitrogen and oxygen atoms in total. The number of hydrogen-bond donors (Lipinski definition) is 0. The van der Waals surface area contributed by atoms with Gasteiger partial charge in [0.15, 0.2) is 0 Å². The van der Waals surface area contributed by atoms with Crippen LogP contribution in [0.2, 0.25) is 0 Å². The third kappa shape index (κ3) is 3.14. The van der Waals surface area contributed by atoms with E-state index in [1.54, 1.807) is 17.3 Å². The maximum atomic E-state index is 12.8. The summed E-state index contributed by atoms with van der Waals surface area (Å²) in [6, 6.07) is 0. The number of pyridine rings is 1. The Bertz CT molecular complexity index is 611. The molecule has 124 valence electrons. The van der Waals surface area contributed by atoms with Gasteiger partial charge < -0.3 is 19.4 Å². The molecule has 0 N–H and O–H groups in total. The molecule has 0 aliphatic carbocycles. The molecule has 1 aromatic heterocycles. The Labute approximate surface area is 135 Å². The van der Waals surface area contributed by atoms with E-state index in [4.69, 9.17) is 4.74 Å². The standard InChI is InChI=1S/C16H22N4O3/c1-18-5-7-19(8-6-18)15(21)14-10-17-9-12-11-20(16(22)23-2)4-3-13(12)14/h9-10H,3-8,11H2,1-2H3. The topological polar surface area (TPSA) is 66.0 Å². The van der Waals surface area contributed by atoms with Gasteiger partial charge in [0.25, 0.3) is 5.91 Å². The van der Waals surface area contributed by atoms with Crippen molar-refractivity contribution in [2.75, 3.05) is 46.9 Å².